The molecule has 0 radical (unpaired) electrons. The topological polar surface area (TPSA) is 109 Å². The third-order valence-corrected chi connectivity index (χ3v) is 6.59. The molecule has 0 aliphatic rings. The molecule has 0 bridgehead atoms. The van der Waals surface area contributed by atoms with Crippen LogP contribution in [0.2, 0.25) is 0 Å². The first kappa shape index (κ1) is 21.5. The average molecular weight is 429 g/mol. The van der Waals surface area contributed by atoms with E-state index in [0.717, 1.165) is 26.5 Å². The Balaban J connectivity index is 1.65. The second-order valence-corrected chi connectivity index (χ2v) is 9.23. The van der Waals surface area contributed by atoms with Crippen LogP contribution < -0.4 is 5.32 Å². The van der Waals surface area contributed by atoms with E-state index < -0.39 is 28.5 Å². The molecule has 8 nitrogen and oxygen atoms in total. The SMILES string of the molecule is Cc1[nH]c2ccc(C(=O)OCC(=O)Nc3cccc(S(=O)(=O)N(C)C)c3)cc2c1C. The number of aromatic amines is 1. The molecule has 0 aliphatic heterocycles. The normalized spacial score (nSPS) is 11.6. The van der Waals surface area contributed by atoms with Crippen LogP contribution >= 0.6 is 0 Å². The first-order valence-corrected chi connectivity index (χ1v) is 10.6. The largest absolute Gasteiger partial charge is 0.452 e. The Morgan fingerprint density at radius 2 is 1.83 bits per heavy atom. The molecular formula is C21H23N3O5S. The summed E-state index contributed by atoms with van der Waals surface area (Å²) in [6, 6.07) is 11.0. The molecule has 0 aliphatic carbocycles. The number of benzene rings is 2. The number of amides is 1. The second-order valence-electron chi connectivity index (χ2n) is 7.07. The Bertz CT molecular complexity index is 1230. The Labute approximate surface area is 174 Å². The van der Waals surface area contributed by atoms with Crippen molar-refractivity contribution >= 4 is 38.5 Å². The minimum atomic E-state index is -3.62. The number of nitrogens with zero attached hydrogens (tertiary/aromatic N) is 1. The lowest BCUT2D eigenvalue weighted by molar-refractivity contribution is -0.119. The van der Waals surface area contributed by atoms with E-state index in [1.54, 1.807) is 24.3 Å². The quantitative estimate of drug-likeness (QED) is 0.586. The van der Waals surface area contributed by atoms with Gasteiger partial charge in [-0.1, -0.05) is 6.07 Å². The minimum absolute atomic E-state index is 0.0489. The maximum Gasteiger partial charge on any atom is 0.338 e. The fraction of sp³-hybridized carbons (Fsp3) is 0.238. The first-order valence-electron chi connectivity index (χ1n) is 9.18. The molecule has 158 valence electrons. The van der Waals surface area contributed by atoms with Gasteiger partial charge in [-0.05, 0) is 55.8 Å². The van der Waals surface area contributed by atoms with E-state index in [2.05, 4.69) is 10.3 Å². The van der Waals surface area contributed by atoms with Crippen molar-refractivity contribution in [2.45, 2.75) is 18.7 Å². The summed E-state index contributed by atoms with van der Waals surface area (Å²) in [5.41, 5.74) is 3.63. The van der Waals surface area contributed by atoms with Crippen LogP contribution in [-0.2, 0) is 19.6 Å². The Morgan fingerprint density at radius 3 is 2.53 bits per heavy atom. The number of sulfonamides is 1. The van der Waals surface area contributed by atoms with Crippen LogP contribution in [0.4, 0.5) is 5.69 Å². The van der Waals surface area contributed by atoms with Gasteiger partial charge in [0, 0.05) is 36.4 Å². The number of aryl methyl sites for hydroxylation is 2. The zero-order valence-electron chi connectivity index (χ0n) is 17.1. The van der Waals surface area contributed by atoms with E-state index in [0.29, 0.717) is 11.3 Å². The highest BCUT2D eigenvalue weighted by Gasteiger charge is 2.18. The fourth-order valence-corrected chi connectivity index (χ4v) is 3.89. The number of hydrogen-bond donors (Lipinski definition) is 2. The lowest BCUT2D eigenvalue weighted by atomic mass is 10.1. The van der Waals surface area contributed by atoms with Gasteiger partial charge in [0.25, 0.3) is 5.91 Å². The highest BCUT2D eigenvalue weighted by Crippen LogP contribution is 2.23. The van der Waals surface area contributed by atoms with Crippen LogP contribution in [0.3, 0.4) is 0 Å². The molecule has 0 saturated heterocycles. The van der Waals surface area contributed by atoms with E-state index in [1.807, 2.05) is 13.8 Å². The molecule has 9 heteroatoms. The van der Waals surface area contributed by atoms with Crippen molar-refractivity contribution in [1.29, 1.82) is 0 Å². The van der Waals surface area contributed by atoms with E-state index in [1.165, 1.54) is 32.3 Å². The average Bonchev–Trinajstić information content (AvgIpc) is 2.99. The highest BCUT2D eigenvalue weighted by molar-refractivity contribution is 7.89. The number of ether oxygens (including phenoxy) is 1. The van der Waals surface area contributed by atoms with Gasteiger partial charge in [0.05, 0.1) is 10.5 Å². The number of carbonyl (C=O) groups excluding carboxylic acids is 2. The lowest BCUT2D eigenvalue weighted by Crippen LogP contribution is -2.23. The molecule has 3 aromatic rings. The molecule has 0 unspecified atom stereocenters. The van der Waals surface area contributed by atoms with Crippen molar-refractivity contribution in [3.8, 4) is 0 Å². The van der Waals surface area contributed by atoms with Crippen LogP contribution in [0.15, 0.2) is 47.4 Å². The summed E-state index contributed by atoms with van der Waals surface area (Å²) in [4.78, 5) is 27.8. The molecule has 0 fully saturated rings. The van der Waals surface area contributed by atoms with E-state index >= 15 is 0 Å². The van der Waals surface area contributed by atoms with E-state index in [9.17, 15) is 18.0 Å². The first-order chi connectivity index (χ1) is 14.1. The number of anilines is 1. The minimum Gasteiger partial charge on any atom is -0.452 e. The predicted molar refractivity (Wildman–Crippen MR) is 114 cm³/mol. The molecule has 1 amide bonds. The van der Waals surface area contributed by atoms with Crippen LogP contribution in [0.25, 0.3) is 10.9 Å². The van der Waals surface area contributed by atoms with E-state index in [-0.39, 0.29) is 4.90 Å². The molecule has 1 heterocycles. The van der Waals surface area contributed by atoms with Gasteiger partial charge in [-0.15, -0.1) is 0 Å². The van der Waals surface area contributed by atoms with Crippen molar-refractivity contribution < 1.29 is 22.7 Å². The van der Waals surface area contributed by atoms with Crippen molar-refractivity contribution in [3.05, 3.63) is 59.3 Å². The van der Waals surface area contributed by atoms with Crippen molar-refractivity contribution in [1.82, 2.24) is 9.29 Å². The molecule has 3 rings (SSSR count). The van der Waals surface area contributed by atoms with Crippen LogP contribution in [-0.4, -0.2) is 50.3 Å². The van der Waals surface area contributed by atoms with Gasteiger partial charge in [0.1, 0.15) is 0 Å². The maximum atomic E-state index is 12.3. The summed E-state index contributed by atoms with van der Waals surface area (Å²) < 4.78 is 30.6. The third kappa shape index (κ3) is 4.37. The van der Waals surface area contributed by atoms with Gasteiger partial charge in [0.2, 0.25) is 10.0 Å². The van der Waals surface area contributed by atoms with Crippen LogP contribution in [0.5, 0.6) is 0 Å². The molecule has 30 heavy (non-hydrogen) atoms. The van der Waals surface area contributed by atoms with Gasteiger partial charge in [-0.3, -0.25) is 4.79 Å². The molecule has 2 aromatic carbocycles. The zero-order valence-corrected chi connectivity index (χ0v) is 18.0. The van der Waals surface area contributed by atoms with Crippen LogP contribution in [0, 0.1) is 13.8 Å². The number of esters is 1. The number of rotatable bonds is 6. The molecular weight excluding hydrogens is 406 g/mol. The Morgan fingerprint density at radius 1 is 1.10 bits per heavy atom. The number of hydrogen-bond acceptors (Lipinski definition) is 5. The molecule has 2 N–H and O–H groups in total. The Hall–Kier alpha value is -3.17. The van der Waals surface area contributed by atoms with Crippen molar-refractivity contribution in [3.63, 3.8) is 0 Å². The van der Waals surface area contributed by atoms with Crippen LogP contribution in [0.1, 0.15) is 21.6 Å². The molecule has 0 spiro atoms. The van der Waals surface area contributed by atoms with E-state index in [4.69, 9.17) is 4.74 Å². The summed E-state index contributed by atoms with van der Waals surface area (Å²) in [7, 11) is -0.774. The van der Waals surface area contributed by atoms with Gasteiger partial charge in [-0.2, -0.15) is 0 Å². The summed E-state index contributed by atoms with van der Waals surface area (Å²) in [5, 5.41) is 3.46. The molecule has 0 saturated carbocycles. The lowest BCUT2D eigenvalue weighted by Gasteiger charge is -2.12. The second kappa shape index (κ2) is 8.29. The fourth-order valence-electron chi connectivity index (χ4n) is 2.94. The van der Waals surface area contributed by atoms with Crippen molar-refractivity contribution in [2.75, 3.05) is 26.0 Å². The van der Waals surface area contributed by atoms with Gasteiger partial charge in [-0.25, -0.2) is 17.5 Å². The summed E-state index contributed by atoms with van der Waals surface area (Å²) in [5.74, 6) is -1.19. The Kier molecular flexibility index (Phi) is 5.95. The summed E-state index contributed by atoms with van der Waals surface area (Å²) >= 11 is 0. The van der Waals surface area contributed by atoms with Gasteiger partial charge in [0.15, 0.2) is 6.61 Å². The van der Waals surface area contributed by atoms with Crippen molar-refractivity contribution in [2.24, 2.45) is 0 Å². The number of H-pyrrole nitrogens is 1. The number of carbonyl (C=O) groups is 2. The molecule has 0 atom stereocenters. The van der Waals surface area contributed by atoms with Gasteiger partial charge >= 0.3 is 5.97 Å². The summed E-state index contributed by atoms with van der Waals surface area (Å²) in [6.07, 6.45) is 0. The highest BCUT2D eigenvalue weighted by atomic mass is 32.2. The summed E-state index contributed by atoms with van der Waals surface area (Å²) in [6.45, 7) is 3.42. The molecule has 1 aromatic heterocycles. The monoisotopic (exact) mass is 429 g/mol. The third-order valence-electron chi connectivity index (χ3n) is 4.77. The standard InChI is InChI=1S/C21H23N3O5S/c1-13-14(2)22-19-9-8-15(10-18(13)19)21(26)29-12-20(25)23-16-6-5-7-17(11-16)30(27,28)24(3)4/h5-11,22H,12H2,1-4H3,(H,23,25). The number of nitrogens with one attached hydrogen (secondary N) is 2. The smallest absolute Gasteiger partial charge is 0.338 e. The van der Waals surface area contributed by atoms with Gasteiger partial charge < -0.3 is 15.0 Å². The number of aromatic nitrogens is 1. The zero-order chi connectivity index (χ0) is 22.1. The predicted octanol–water partition coefficient (Wildman–Crippen LogP) is 2.83. The maximum absolute atomic E-state index is 12.3. The number of fused-ring (bicyclic) bond motifs is 1.